The molecule has 0 saturated carbocycles. The summed E-state index contributed by atoms with van der Waals surface area (Å²) in [5.41, 5.74) is 0.921. The van der Waals surface area contributed by atoms with Crippen LogP contribution in [0.25, 0.3) is 0 Å². The molecule has 1 unspecified atom stereocenters. The number of hydrogen-bond donors (Lipinski definition) is 1. The predicted octanol–water partition coefficient (Wildman–Crippen LogP) is 0.872. The Labute approximate surface area is 101 Å². The maximum atomic E-state index is 10.5. The van der Waals surface area contributed by atoms with Crippen LogP contribution in [-0.2, 0) is 43.9 Å². The van der Waals surface area contributed by atoms with Gasteiger partial charge in [-0.3, -0.25) is 0 Å². The molecular weight excluding hydrogens is 245 g/mol. The Hall–Kier alpha value is -0.406. The average molecular weight is 252 g/mol. The van der Waals surface area contributed by atoms with Crippen molar-refractivity contribution in [3.05, 3.63) is 29.8 Å². The van der Waals surface area contributed by atoms with Crippen LogP contribution in [0.15, 0.2) is 18.2 Å². The molecule has 0 saturated heterocycles. The summed E-state index contributed by atoms with van der Waals surface area (Å²) >= 11 is 0. The minimum Gasteiger partial charge on any atom is -0.505 e. The molecule has 1 aromatic rings. The monoisotopic (exact) mass is 252 g/mol. The molecule has 65 valence electrons. The third kappa shape index (κ3) is 2.09. The molecule has 1 radical (unpaired) electrons. The van der Waals surface area contributed by atoms with Gasteiger partial charge in [0.15, 0.2) is 6.10 Å². The van der Waals surface area contributed by atoms with Crippen LogP contribution in [0.1, 0.15) is 5.56 Å². The molecule has 1 atom stereocenters. The van der Waals surface area contributed by atoms with Gasteiger partial charge in [-0.15, -0.1) is 11.6 Å². The summed E-state index contributed by atoms with van der Waals surface area (Å²) < 4.78 is 5.15. The summed E-state index contributed by atoms with van der Waals surface area (Å²) in [7, 11) is 0. The van der Waals surface area contributed by atoms with Crippen molar-refractivity contribution in [3.63, 3.8) is 0 Å². The van der Waals surface area contributed by atoms with Gasteiger partial charge in [0.1, 0.15) is 0 Å². The van der Waals surface area contributed by atoms with Gasteiger partial charge in [-0.1, -0.05) is 0 Å². The fraction of sp³-hybridized carbons (Fsp3) is 0.222. The molecule has 4 heteroatoms. The molecule has 1 heterocycles. The maximum Gasteiger partial charge on any atom is 0.344 e. The summed E-state index contributed by atoms with van der Waals surface area (Å²) in [5, 5.41) is 8.65. The molecule has 3 nitrogen and oxygen atoms in total. The molecule has 0 aromatic heterocycles. The number of aliphatic carboxylic acids is 1. The van der Waals surface area contributed by atoms with Crippen molar-refractivity contribution >= 4 is 5.97 Å². The van der Waals surface area contributed by atoms with Gasteiger partial charge in [0.2, 0.25) is 0 Å². The van der Waals surface area contributed by atoms with Crippen molar-refractivity contribution in [2.75, 3.05) is 0 Å². The Kier molecular flexibility index (Phi) is 3.45. The number of carboxylic acids is 1. The first-order valence-electron chi connectivity index (χ1n) is 3.66. The van der Waals surface area contributed by atoms with E-state index < -0.39 is 12.1 Å². The van der Waals surface area contributed by atoms with E-state index in [2.05, 4.69) is 6.07 Å². The second kappa shape index (κ2) is 4.20. The molecule has 1 aromatic carbocycles. The van der Waals surface area contributed by atoms with Crippen LogP contribution in [0.5, 0.6) is 5.75 Å². The molecule has 1 N–H and O–H groups in total. The number of carboxylic acid groups (broad SMARTS) is 1. The Bertz CT molecular complexity index is 299. The van der Waals surface area contributed by atoms with E-state index in [1.807, 2.05) is 0 Å². The molecule has 0 bridgehead atoms. The van der Waals surface area contributed by atoms with E-state index in [9.17, 15) is 4.79 Å². The van der Waals surface area contributed by atoms with E-state index in [4.69, 9.17) is 9.84 Å². The molecule has 1 aliphatic heterocycles. The second-order valence-electron chi connectivity index (χ2n) is 2.68. The van der Waals surface area contributed by atoms with Crippen LogP contribution >= 0.6 is 0 Å². The zero-order chi connectivity index (χ0) is 8.55. The van der Waals surface area contributed by atoms with Gasteiger partial charge >= 0.3 is 5.97 Å². The number of ether oxygens (including phenoxy) is 1. The summed E-state index contributed by atoms with van der Waals surface area (Å²) in [4.78, 5) is 10.5. The second-order valence-corrected chi connectivity index (χ2v) is 2.68. The molecule has 1 aliphatic rings. The van der Waals surface area contributed by atoms with Crippen molar-refractivity contribution in [2.24, 2.45) is 0 Å². The third-order valence-corrected chi connectivity index (χ3v) is 1.85. The van der Waals surface area contributed by atoms with Gasteiger partial charge < -0.3 is 9.84 Å². The number of hydrogen-bond acceptors (Lipinski definition) is 2. The number of rotatable bonds is 1. The van der Waals surface area contributed by atoms with Crippen molar-refractivity contribution in [3.8, 4) is 5.75 Å². The molecule has 0 fully saturated rings. The number of carbonyl (C=O) groups is 1. The van der Waals surface area contributed by atoms with Crippen molar-refractivity contribution in [1.82, 2.24) is 0 Å². The number of fused-ring (bicyclic) bond motifs is 1. The molecule has 2 rings (SSSR count). The van der Waals surface area contributed by atoms with E-state index in [-0.39, 0.29) is 32.7 Å². The average Bonchev–Trinajstić information content (AvgIpc) is 2.46. The predicted molar refractivity (Wildman–Crippen MR) is 41.0 cm³/mol. The first kappa shape index (κ1) is 10.7. The van der Waals surface area contributed by atoms with E-state index in [1.165, 1.54) is 0 Å². The summed E-state index contributed by atoms with van der Waals surface area (Å²) in [6, 6.07) is 8.09. The van der Waals surface area contributed by atoms with E-state index in [0.717, 1.165) is 5.56 Å². The first-order chi connectivity index (χ1) is 5.77. The zero-order valence-corrected chi connectivity index (χ0v) is 9.70. The molecule has 13 heavy (non-hydrogen) atoms. The smallest absolute Gasteiger partial charge is 0.344 e. The van der Waals surface area contributed by atoms with Crippen LogP contribution in [0.4, 0.5) is 0 Å². The molecule has 0 aliphatic carbocycles. The first-order valence-corrected chi connectivity index (χ1v) is 3.66. The largest absolute Gasteiger partial charge is 0.505 e. The SMILES string of the molecule is O=C(O)C1Cc2c[c-]ccc2O1.[Y]. The van der Waals surface area contributed by atoms with Crippen LogP contribution in [0.2, 0.25) is 0 Å². The standard InChI is InChI=1S/C9H7O3.Y/c10-9(11)8-5-6-3-1-2-4-7(6)12-8;/h2-4,8H,5H2,(H,10,11);/q-1;. The topological polar surface area (TPSA) is 46.5 Å². The third-order valence-electron chi connectivity index (χ3n) is 1.85. The van der Waals surface area contributed by atoms with Crippen molar-refractivity contribution in [2.45, 2.75) is 12.5 Å². The van der Waals surface area contributed by atoms with Crippen molar-refractivity contribution in [1.29, 1.82) is 0 Å². The van der Waals surface area contributed by atoms with Crippen LogP contribution in [-0.4, -0.2) is 17.2 Å². The number of benzene rings is 1. The Morgan fingerprint density at radius 3 is 3.08 bits per heavy atom. The fourth-order valence-electron chi connectivity index (χ4n) is 1.26. The summed E-state index contributed by atoms with van der Waals surface area (Å²) in [6.07, 6.45) is -0.266. The Morgan fingerprint density at radius 1 is 1.69 bits per heavy atom. The van der Waals surface area contributed by atoms with Crippen molar-refractivity contribution < 1.29 is 47.3 Å². The Morgan fingerprint density at radius 2 is 2.46 bits per heavy atom. The van der Waals surface area contributed by atoms with Gasteiger partial charge in [0.25, 0.3) is 0 Å². The zero-order valence-electron chi connectivity index (χ0n) is 6.86. The van der Waals surface area contributed by atoms with E-state index in [1.54, 1.807) is 18.2 Å². The summed E-state index contributed by atoms with van der Waals surface area (Å²) in [6.45, 7) is 0. The molecule has 0 spiro atoms. The summed E-state index contributed by atoms with van der Waals surface area (Å²) in [5.74, 6) is -0.243. The van der Waals surface area contributed by atoms with Gasteiger partial charge in [-0.05, 0) is 6.42 Å². The minimum absolute atomic E-state index is 0. The molecular formula is C9H7O3Y-. The maximum absolute atomic E-state index is 10.5. The van der Waals surface area contributed by atoms with Gasteiger partial charge in [0.05, 0.1) is 0 Å². The van der Waals surface area contributed by atoms with Crippen LogP contribution < -0.4 is 4.74 Å². The van der Waals surface area contributed by atoms with Gasteiger partial charge in [0, 0.05) is 38.5 Å². The minimum atomic E-state index is -0.911. The van der Waals surface area contributed by atoms with Crippen LogP contribution in [0.3, 0.4) is 0 Å². The van der Waals surface area contributed by atoms with Gasteiger partial charge in [-0.2, -0.15) is 18.2 Å². The van der Waals surface area contributed by atoms with Gasteiger partial charge in [-0.25, -0.2) is 4.79 Å². The van der Waals surface area contributed by atoms with E-state index >= 15 is 0 Å². The normalized spacial score (nSPS) is 18.3. The quantitative estimate of drug-likeness (QED) is 0.754. The van der Waals surface area contributed by atoms with Crippen LogP contribution in [0, 0.1) is 6.07 Å². The van der Waals surface area contributed by atoms with E-state index in [0.29, 0.717) is 12.2 Å². The fourth-order valence-corrected chi connectivity index (χ4v) is 1.26. The Balaban J connectivity index is 0.000000845. The molecule has 0 amide bonds.